The molecule has 0 saturated heterocycles. The van der Waals surface area contributed by atoms with Crippen LogP contribution in [0.5, 0.6) is 0 Å². The van der Waals surface area contributed by atoms with Crippen LogP contribution in [-0.2, 0) is 37.3 Å². The number of benzene rings is 2. The molecule has 12 N–H and O–H groups in total. The third-order valence-electron chi connectivity index (χ3n) is 2.62. The Hall–Kier alpha value is -1.46. The molecule has 0 amide bonds. The van der Waals surface area contributed by atoms with Crippen LogP contribution in [0.4, 0.5) is 0 Å². The van der Waals surface area contributed by atoms with Gasteiger partial charge in [0.2, 0.25) is 0 Å². The molecule has 0 aliphatic rings. The third kappa shape index (κ3) is 17.1. The fourth-order valence-electron chi connectivity index (χ4n) is 1.41. The minimum absolute atomic E-state index is 0. The Morgan fingerprint density at radius 3 is 0.828 bits per heavy atom. The first-order valence-corrected chi connectivity index (χ1v) is 8.87. The van der Waals surface area contributed by atoms with Crippen LogP contribution < -0.4 is 0 Å². The van der Waals surface area contributed by atoms with Gasteiger partial charge in [0.1, 0.15) is 20.2 Å². The third-order valence-corrected chi connectivity index (χ3v) is 4.32. The summed E-state index contributed by atoms with van der Waals surface area (Å²) in [5, 5.41) is 0. The van der Waals surface area contributed by atoms with E-state index in [9.17, 15) is 25.9 Å². The minimum Gasteiger partial charge on any atom is -0.744 e. The fraction of sp³-hybridized carbons (Fsp3) is 0.143. The molecule has 2 aromatic rings. The van der Waals surface area contributed by atoms with Crippen LogP contribution in [-0.4, -0.2) is 58.8 Å². The van der Waals surface area contributed by atoms with Crippen molar-refractivity contribution in [1.82, 2.24) is 0 Å². The Morgan fingerprint density at radius 2 is 0.690 bits per heavy atom. The van der Waals surface area contributed by atoms with Crippen molar-refractivity contribution in [2.24, 2.45) is 0 Å². The van der Waals surface area contributed by atoms with E-state index >= 15 is 0 Å². The molecule has 0 saturated carbocycles. The standard InChI is InChI=1S/2C7H8O3S.Fe.6H2O/c2*1-6-2-4-7(5-3-6)11(8,9)10;;;;;;;/h2*2-5H,1H3,(H,8,9,10);;6*1H2/q;;+2;;;;;;/p-2. The Morgan fingerprint density at radius 1 is 0.517 bits per heavy atom. The van der Waals surface area contributed by atoms with E-state index in [1.807, 2.05) is 13.8 Å². The quantitative estimate of drug-likeness (QED) is 0.299. The predicted molar refractivity (Wildman–Crippen MR) is 100.0 cm³/mol. The van der Waals surface area contributed by atoms with Crippen LogP contribution in [0.1, 0.15) is 11.1 Å². The Labute approximate surface area is 179 Å². The maximum absolute atomic E-state index is 10.4. The summed E-state index contributed by atoms with van der Waals surface area (Å²) >= 11 is 0. The average molecular weight is 506 g/mol. The van der Waals surface area contributed by atoms with Crippen molar-refractivity contribution in [2.45, 2.75) is 23.6 Å². The molecule has 15 heteroatoms. The van der Waals surface area contributed by atoms with Gasteiger partial charge in [-0.3, -0.25) is 0 Å². The van der Waals surface area contributed by atoms with E-state index in [-0.39, 0.29) is 59.7 Å². The summed E-state index contributed by atoms with van der Waals surface area (Å²) in [6.45, 7) is 3.64. The molecule has 0 heterocycles. The van der Waals surface area contributed by atoms with Gasteiger partial charge in [-0.2, -0.15) is 0 Å². The van der Waals surface area contributed by atoms with Crippen molar-refractivity contribution in [3.05, 3.63) is 59.7 Å². The topological polar surface area (TPSA) is 303 Å². The molecule has 0 aliphatic carbocycles. The normalized spacial score (nSPS) is 8.69. The minimum atomic E-state index is -4.27. The van der Waals surface area contributed by atoms with E-state index in [0.29, 0.717) is 0 Å². The maximum atomic E-state index is 10.4. The van der Waals surface area contributed by atoms with Crippen molar-refractivity contribution >= 4 is 20.2 Å². The van der Waals surface area contributed by atoms with Gasteiger partial charge in [0, 0.05) is 0 Å². The monoisotopic (exact) mass is 506 g/mol. The van der Waals surface area contributed by atoms with Gasteiger partial charge in [-0.15, -0.1) is 0 Å². The molecule has 12 nitrogen and oxygen atoms in total. The molecule has 2 rings (SSSR count). The summed E-state index contributed by atoms with van der Waals surface area (Å²) < 4.78 is 62.3. The molecule has 0 fully saturated rings. The zero-order chi connectivity index (χ0) is 17.0. The first-order chi connectivity index (χ1) is 10.00. The molecule has 174 valence electrons. The molecule has 0 atom stereocenters. The number of rotatable bonds is 2. The van der Waals surface area contributed by atoms with Gasteiger partial charge >= 0.3 is 17.1 Å². The summed E-state index contributed by atoms with van der Waals surface area (Å²) in [4.78, 5) is -0.355. The van der Waals surface area contributed by atoms with E-state index in [0.717, 1.165) is 11.1 Å². The molecule has 29 heavy (non-hydrogen) atoms. The van der Waals surface area contributed by atoms with Crippen LogP contribution in [0.15, 0.2) is 58.3 Å². The fourth-order valence-corrected chi connectivity index (χ4v) is 2.35. The number of hydrogen-bond donors (Lipinski definition) is 0. The molecular weight excluding hydrogens is 480 g/mol. The molecule has 0 radical (unpaired) electrons. The van der Waals surface area contributed by atoms with Crippen LogP contribution in [0.2, 0.25) is 0 Å². The van der Waals surface area contributed by atoms with Gasteiger partial charge in [0.25, 0.3) is 0 Å². The van der Waals surface area contributed by atoms with Crippen LogP contribution in [0.25, 0.3) is 0 Å². The van der Waals surface area contributed by atoms with Gasteiger partial charge in [-0.25, -0.2) is 16.8 Å². The summed E-state index contributed by atoms with van der Waals surface area (Å²) in [6.07, 6.45) is 0. The first kappa shape index (κ1) is 46.0. The van der Waals surface area contributed by atoms with Crippen molar-refractivity contribution in [2.75, 3.05) is 0 Å². The molecule has 0 spiro atoms. The zero-order valence-corrected chi connectivity index (χ0v) is 18.0. The number of hydrogen-bond acceptors (Lipinski definition) is 6. The summed E-state index contributed by atoms with van der Waals surface area (Å²) in [7, 11) is -8.54. The second-order valence-corrected chi connectivity index (χ2v) is 7.29. The second kappa shape index (κ2) is 18.6. The van der Waals surface area contributed by atoms with Crippen molar-refractivity contribution in [1.29, 1.82) is 0 Å². The van der Waals surface area contributed by atoms with Crippen LogP contribution in [0.3, 0.4) is 0 Å². The van der Waals surface area contributed by atoms with Gasteiger partial charge in [0.05, 0.1) is 9.79 Å². The molecule has 2 aromatic carbocycles. The molecule has 0 aromatic heterocycles. The van der Waals surface area contributed by atoms with Gasteiger partial charge in [0.15, 0.2) is 0 Å². The van der Waals surface area contributed by atoms with Gasteiger partial charge < -0.3 is 42.0 Å². The summed E-state index contributed by atoms with van der Waals surface area (Å²) in [5.74, 6) is 0. The van der Waals surface area contributed by atoms with E-state index in [1.54, 1.807) is 24.3 Å². The van der Waals surface area contributed by atoms with Crippen molar-refractivity contribution < 1.29 is 75.9 Å². The van der Waals surface area contributed by atoms with E-state index < -0.39 is 20.2 Å². The van der Waals surface area contributed by atoms with Crippen molar-refractivity contribution in [3.8, 4) is 0 Å². The number of aryl methyl sites for hydroxylation is 2. The zero-order valence-electron chi connectivity index (χ0n) is 15.2. The average Bonchev–Trinajstić information content (AvgIpc) is 2.38. The van der Waals surface area contributed by atoms with Gasteiger partial charge in [-0.05, 0) is 38.1 Å². The van der Waals surface area contributed by atoms with Crippen LogP contribution >= 0.6 is 0 Å². The Kier molecular flexibility index (Phi) is 29.4. The van der Waals surface area contributed by atoms with E-state index in [4.69, 9.17) is 0 Å². The molecule has 0 bridgehead atoms. The summed E-state index contributed by atoms with van der Waals surface area (Å²) in [5.41, 5.74) is 1.86. The van der Waals surface area contributed by atoms with E-state index in [2.05, 4.69) is 0 Å². The maximum Gasteiger partial charge on any atom is 2.00 e. The SMILES string of the molecule is Cc1ccc(S(=O)(=O)[O-])cc1.Cc1ccc(S(=O)(=O)[O-])cc1.O.O.O.O.O.O.[Fe+2]. The smallest absolute Gasteiger partial charge is 0.744 e. The molecule has 0 unspecified atom stereocenters. The first-order valence-electron chi connectivity index (χ1n) is 6.05. The largest absolute Gasteiger partial charge is 2.00 e. The van der Waals surface area contributed by atoms with Gasteiger partial charge in [-0.1, -0.05) is 35.4 Å². The van der Waals surface area contributed by atoms with Crippen LogP contribution in [0, 0.1) is 13.8 Å². The summed E-state index contributed by atoms with van der Waals surface area (Å²) in [6, 6.07) is 11.6. The van der Waals surface area contributed by atoms with Crippen molar-refractivity contribution in [3.63, 3.8) is 0 Å². The molecule has 0 aliphatic heterocycles. The van der Waals surface area contributed by atoms with E-state index in [1.165, 1.54) is 24.3 Å². The molecular formula is C14H26FeO12S2. The predicted octanol–water partition coefficient (Wildman–Crippen LogP) is -3.15. The second-order valence-electron chi connectivity index (χ2n) is 4.53. The Balaban J connectivity index is -0.0000000538. The Bertz CT molecular complexity index is 762.